The summed E-state index contributed by atoms with van der Waals surface area (Å²) in [6.45, 7) is 6.25. The molecule has 2 heterocycles. The van der Waals surface area contributed by atoms with Gasteiger partial charge >= 0.3 is 0 Å². The van der Waals surface area contributed by atoms with Crippen molar-refractivity contribution in [2.24, 2.45) is 12.8 Å². The summed E-state index contributed by atoms with van der Waals surface area (Å²) in [7, 11) is 1.99. The topological polar surface area (TPSA) is 47.1 Å². The van der Waals surface area contributed by atoms with Gasteiger partial charge in [-0.1, -0.05) is 19.8 Å². The fraction of sp³-hybridized carbons (Fsp3) is 0.800. The van der Waals surface area contributed by atoms with E-state index in [9.17, 15) is 0 Å². The number of nitrogens with zero attached hydrogens (tertiary/aromatic N) is 3. The van der Waals surface area contributed by atoms with Crippen molar-refractivity contribution in [3.8, 4) is 0 Å². The first kappa shape index (κ1) is 14.5. The second kappa shape index (κ2) is 6.53. The third-order valence-electron chi connectivity index (χ3n) is 4.43. The molecule has 0 bridgehead atoms. The number of hydrogen-bond acceptors (Lipinski definition) is 3. The van der Waals surface area contributed by atoms with Crippen LogP contribution >= 0.6 is 0 Å². The van der Waals surface area contributed by atoms with E-state index in [-0.39, 0.29) is 0 Å². The van der Waals surface area contributed by atoms with E-state index in [0.717, 1.165) is 5.69 Å². The van der Waals surface area contributed by atoms with Gasteiger partial charge in [0.15, 0.2) is 0 Å². The fourth-order valence-corrected chi connectivity index (χ4v) is 3.43. The van der Waals surface area contributed by atoms with Crippen LogP contribution in [0.5, 0.6) is 0 Å². The van der Waals surface area contributed by atoms with Gasteiger partial charge in [-0.05, 0) is 32.7 Å². The van der Waals surface area contributed by atoms with Gasteiger partial charge in [0.05, 0.1) is 11.7 Å². The highest BCUT2D eigenvalue weighted by Crippen LogP contribution is 2.30. The number of hydrogen-bond donors (Lipinski definition) is 1. The van der Waals surface area contributed by atoms with Gasteiger partial charge in [0.2, 0.25) is 0 Å². The van der Waals surface area contributed by atoms with Crippen LogP contribution in [0.25, 0.3) is 0 Å². The third kappa shape index (κ3) is 3.18. The molecular formula is C15H28N4. The van der Waals surface area contributed by atoms with Crippen molar-refractivity contribution in [3.63, 3.8) is 0 Å². The number of rotatable bonds is 4. The van der Waals surface area contributed by atoms with E-state index in [0.29, 0.717) is 18.6 Å². The van der Waals surface area contributed by atoms with Crippen LogP contribution in [-0.4, -0.2) is 33.8 Å². The second-order valence-corrected chi connectivity index (χ2v) is 5.74. The Labute approximate surface area is 117 Å². The molecular weight excluding hydrogens is 236 g/mol. The highest BCUT2D eigenvalue weighted by atomic mass is 15.3. The molecule has 2 rings (SSSR count). The quantitative estimate of drug-likeness (QED) is 0.908. The first-order chi connectivity index (χ1) is 9.17. The summed E-state index contributed by atoms with van der Waals surface area (Å²) >= 11 is 0. The Morgan fingerprint density at radius 1 is 1.42 bits per heavy atom. The Bertz CT molecular complexity index is 399. The van der Waals surface area contributed by atoms with Gasteiger partial charge in [-0.15, -0.1) is 0 Å². The van der Waals surface area contributed by atoms with Gasteiger partial charge in [-0.3, -0.25) is 9.58 Å². The van der Waals surface area contributed by atoms with Gasteiger partial charge in [-0.25, -0.2) is 0 Å². The monoisotopic (exact) mass is 264 g/mol. The first-order valence-electron chi connectivity index (χ1n) is 7.63. The maximum Gasteiger partial charge on any atom is 0.0641 e. The van der Waals surface area contributed by atoms with Crippen molar-refractivity contribution in [2.75, 3.05) is 13.1 Å². The molecule has 0 spiro atoms. The fourth-order valence-electron chi connectivity index (χ4n) is 3.43. The van der Waals surface area contributed by atoms with E-state index in [1.807, 2.05) is 11.7 Å². The van der Waals surface area contributed by atoms with Gasteiger partial charge in [0.1, 0.15) is 0 Å². The summed E-state index contributed by atoms with van der Waals surface area (Å²) < 4.78 is 1.91. The predicted octanol–water partition coefficient (Wildman–Crippen LogP) is 2.38. The Kier molecular flexibility index (Phi) is 4.99. The van der Waals surface area contributed by atoms with Crippen LogP contribution in [0, 0.1) is 6.92 Å². The molecule has 1 aliphatic heterocycles. The highest BCUT2D eigenvalue weighted by molar-refractivity contribution is 5.21. The number of aromatic nitrogens is 2. The molecule has 108 valence electrons. The summed E-state index contributed by atoms with van der Waals surface area (Å²) in [5.74, 6) is 0. The lowest BCUT2D eigenvalue weighted by Gasteiger charge is -2.36. The number of nitrogens with two attached hydrogens (primary N) is 1. The van der Waals surface area contributed by atoms with Crippen LogP contribution < -0.4 is 5.73 Å². The second-order valence-electron chi connectivity index (χ2n) is 5.74. The Hall–Kier alpha value is -0.870. The molecule has 1 aliphatic rings. The van der Waals surface area contributed by atoms with Crippen molar-refractivity contribution >= 4 is 0 Å². The third-order valence-corrected chi connectivity index (χ3v) is 4.43. The molecule has 0 aromatic carbocycles. The van der Waals surface area contributed by atoms with Crippen LogP contribution in [0.2, 0.25) is 0 Å². The van der Waals surface area contributed by atoms with E-state index in [4.69, 9.17) is 5.73 Å². The smallest absolute Gasteiger partial charge is 0.0641 e. The van der Waals surface area contributed by atoms with E-state index < -0.39 is 0 Å². The summed E-state index contributed by atoms with van der Waals surface area (Å²) in [6.07, 6.45) is 8.69. The standard InChI is InChI=1S/C15H28N4/c1-4-13-8-6-5-7-9-19(13)15(10-16)14-11-18(3)17-12(14)2/h11,13,15H,4-10,16H2,1-3H3. The Morgan fingerprint density at radius 2 is 2.21 bits per heavy atom. The molecule has 4 nitrogen and oxygen atoms in total. The lowest BCUT2D eigenvalue weighted by molar-refractivity contribution is 0.135. The summed E-state index contributed by atoms with van der Waals surface area (Å²) in [6, 6.07) is 1.01. The van der Waals surface area contributed by atoms with Gasteiger partial charge < -0.3 is 5.73 Å². The largest absolute Gasteiger partial charge is 0.329 e. The van der Waals surface area contributed by atoms with Crippen molar-refractivity contribution in [2.45, 2.75) is 58.0 Å². The maximum atomic E-state index is 6.10. The van der Waals surface area contributed by atoms with E-state index in [2.05, 4.69) is 30.0 Å². The van der Waals surface area contributed by atoms with Crippen LogP contribution in [0.1, 0.15) is 56.3 Å². The lowest BCUT2D eigenvalue weighted by Crippen LogP contribution is -2.41. The average Bonchev–Trinajstić information content (AvgIpc) is 2.62. The van der Waals surface area contributed by atoms with Gasteiger partial charge in [0, 0.05) is 31.4 Å². The van der Waals surface area contributed by atoms with E-state index in [1.54, 1.807) is 0 Å². The maximum absolute atomic E-state index is 6.10. The molecule has 0 radical (unpaired) electrons. The lowest BCUT2D eigenvalue weighted by atomic mass is 10.0. The zero-order chi connectivity index (χ0) is 13.8. The molecule has 2 unspecified atom stereocenters. The molecule has 1 saturated heterocycles. The molecule has 0 amide bonds. The van der Waals surface area contributed by atoms with E-state index >= 15 is 0 Å². The highest BCUT2D eigenvalue weighted by Gasteiger charge is 2.28. The minimum absolute atomic E-state index is 0.330. The Balaban J connectivity index is 2.25. The molecule has 19 heavy (non-hydrogen) atoms. The van der Waals surface area contributed by atoms with Gasteiger partial charge in [0.25, 0.3) is 0 Å². The number of likely N-dealkylation sites (tertiary alicyclic amines) is 1. The van der Waals surface area contributed by atoms with Crippen LogP contribution in [0.3, 0.4) is 0 Å². The number of aryl methyl sites for hydroxylation is 2. The van der Waals surface area contributed by atoms with Crippen molar-refractivity contribution in [1.82, 2.24) is 14.7 Å². The summed E-state index contributed by atoms with van der Waals surface area (Å²) in [5.41, 5.74) is 8.54. The minimum Gasteiger partial charge on any atom is -0.329 e. The Morgan fingerprint density at radius 3 is 2.79 bits per heavy atom. The molecule has 2 N–H and O–H groups in total. The predicted molar refractivity (Wildman–Crippen MR) is 79.0 cm³/mol. The molecule has 4 heteroatoms. The molecule has 1 fully saturated rings. The molecule has 2 atom stereocenters. The first-order valence-corrected chi connectivity index (χ1v) is 7.63. The van der Waals surface area contributed by atoms with Gasteiger partial charge in [-0.2, -0.15) is 5.10 Å². The van der Waals surface area contributed by atoms with Crippen LogP contribution in [0.4, 0.5) is 0 Å². The van der Waals surface area contributed by atoms with Crippen LogP contribution in [-0.2, 0) is 7.05 Å². The van der Waals surface area contributed by atoms with E-state index in [1.165, 1.54) is 44.2 Å². The van der Waals surface area contributed by atoms with Crippen molar-refractivity contribution in [3.05, 3.63) is 17.5 Å². The minimum atomic E-state index is 0.330. The summed E-state index contributed by atoms with van der Waals surface area (Å²) in [4.78, 5) is 2.64. The normalized spacial score (nSPS) is 23.3. The molecule has 1 aromatic rings. The molecule has 0 aliphatic carbocycles. The molecule has 1 aromatic heterocycles. The van der Waals surface area contributed by atoms with Crippen molar-refractivity contribution < 1.29 is 0 Å². The molecule has 0 saturated carbocycles. The zero-order valence-electron chi connectivity index (χ0n) is 12.6. The average molecular weight is 264 g/mol. The van der Waals surface area contributed by atoms with Crippen molar-refractivity contribution in [1.29, 1.82) is 0 Å². The summed E-state index contributed by atoms with van der Waals surface area (Å²) in [5, 5.41) is 4.48. The zero-order valence-corrected chi connectivity index (χ0v) is 12.6. The SMILES string of the molecule is CCC1CCCCCN1C(CN)c1cn(C)nc1C. The van der Waals surface area contributed by atoms with Crippen LogP contribution in [0.15, 0.2) is 6.20 Å².